The number of halogens is 5. The zero-order valence-corrected chi connectivity index (χ0v) is 75.3. The molecule has 0 unspecified atom stereocenters. The van der Waals surface area contributed by atoms with Crippen LogP contribution in [0.15, 0.2) is 106 Å². The molecular formula is C78H120Cl5LiN4O8Th2. The van der Waals surface area contributed by atoms with E-state index >= 15 is 0 Å². The van der Waals surface area contributed by atoms with E-state index in [-0.39, 0.29) is 183 Å². The van der Waals surface area contributed by atoms with E-state index in [2.05, 4.69) is 144 Å². The number of aliphatic imine (C=N–C) groups is 2. The third-order valence-electron chi connectivity index (χ3n) is 15.3. The Morgan fingerprint density at radius 2 is 0.582 bits per heavy atom. The molecule has 0 spiro atoms. The van der Waals surface area contributed by atoms with Gasteiger partial charge in [-0.15, -0.1) is 22.9 Å². The molecule has 0 atom stereocenters. The fourth-order valence-electron chi connectivity index (χ4n) is 9.95. The third-order valence-corrected chi connectivity index (χ3v) is 15.3. The predicted molar refractivity (Wildman–Crippen MR) is 378 cm³/mol. The van der Waals surface area contributed by atoms with E-state index in [0.717, 1.165) is 125 Å². The summed E-state index contributed by atoms with van der Waals surface area (Å²) in [7, 11) is 0. The molecule has 544 valence electrons. The van der Waals surface area contributed by atoms with Crippen molar-refractivity contribution in [2.24, 2.45) is 9.98 Å². The van der Waals surface area contributed by atoms with Crippen molar-refractivity contribution in [3.8, 4) is 11.5 Å². The molecule has 0 radical (unpaired) electrons. The maximum Gasteiger partial charge on any atom is 4.00 e. The second-order valence-electron chi connectivity index (χ2n) is 27.3. The molecule has 6 saturated heterocycles. The monoisotopic (exact) mass is 1890 g/mol. The second-order valence-corrected chi connectivity index (χ2v) is 27.3. The van der Waals surface area contributed by atoms with Crippen LogP contribution in [0.2, 0.25) is 0 Å². The van der Waals surface area contributed by atoms with E-state index in [1.807, 2.05) is 64.1 Å². The zero-order valence-electron chi connectivity index (χ0n) is 63.3. The molecule has 0 aromatic heterocycles. The molecule has 0 aliphatic carbocycles. The Morgan fingerprint density at radius 3 is 0.745 bits per heavy atom. The molecule has 4 aromatic rings. The normalized spacial score (nSPS) is 15.5. The van der Waals surface area contributed by atoms with Crippen molar-refractivity contribution in [3.63, 3.8) is 0 Å². The van der Waals surface area contributed by atoms with Gasteiger partial charge in [0.25, 0.3) is 0 Å². The smallest absolute Gasteiger partial charge is 1.00 e. The molecule has 6 heterocycles. The summed E-state index contributed by atoms with van der Waals surface area (Å²) in [5.41, 5.74) is 13.5. The van der Waals surface area contributed by atoms with Crippen LogP contribution in [-0.4, -0.2) is 90.7 Å². The van der Waals surface area contributed by atoms with Gasteiger partial charge in [0.15, 0.2) is 0 Å². The van der Waals surface area contributed by atoms with E-state index in [0.29, 0.717) is 35.0 Å². The van der Waals surface area contributed by atoms with Crippen LogP contribution in [0.25, 0.3) is 10.6 Å². The summed E-state index contributed by atoms with van der Waals surface area (Å²) in [6.45, 7) is 50.2. The van der Waals surface area contributed by atoms with Gasteiger partial charge in [-0.25, -0.2) is 0 Å². The van der Waals surface area contributed by atoms with Gasteiger partial charge in [-0.1, -0.05) is 196 Å². The standard InChI is InChI=1S/2C27H37N2O.6C4H8O.5ClH.Li.2Th/c2*1-17(2)22-11-10-12-23(18(3)4)26(22)29-20(6)15-19(5)28-24-16-21(27(7,8)9)13-14-25(24)30;6*1-2-4-5-3-1;;;;;;;;/h2*10-18H,1-9H3,(H-,28,29,30);6*1-4H2;5*1H;;;/q2*-1;;;;;;;;;;;;+1;2*+4/p-7. The Bertz CT molecular complexity index is 2460. The maximum absolute atomic E-state index is 12.3. The van der Waals surface area contributed by atoms with Crippen molar-refractivity contribution in [1.29, 1.82) is 0 Å². The van der Waals surface area contributed by atoms with Gasteiger partial charge in [-0.2, -0.15) is 11.4 Å². The molecule has 0 bridgehead atoms. The topological polar surface area (TPSA) is 154 Å². The van der Waals surface area contributed by atoms with Crippen molar-refractivity contribution < 1.29 is 199 Å². The Labute approximate surface area is 703 Å². The van der Waals surface area contributed by atoms with Crippen molar-refractivity contribution in [3.05, 3.63) is 140 Å². The predicted octanol–water partition coefficient (Wildman–Crippen LogP) is 2.82. The number of ether oxygens (including phenoxy) is 6. The number of hydrogen-bond acceptors (Lipinski definition) is 10. The van der Waals surface area contributed by atoms with Crippen LogP contribution >= 0.6 is 0 Å². The molecule has 6 fully saturated rings. The van der Waals surface area contributed by atoms with Crippen LogP contribution in [-0.2, 0) is 39.3 Å². The minimum absolute atomic E-state index is 0. The Kier molecular flexibility index (Phi) is 68.0. The van der Waals surface area contributed by atoms with E-state index in [4.69, 9.17) is 38.4 Å². The average molecular weight is 1890 g/mol. The molecule has 6 aliphatic rings. The van der Waals surface area contributed by atoms with Crippen molar-refractivity contribution >= 4 is 34.2 Å². The van der Waals surface area contributed by atoms with Crippen molar-refractivity contribution in [2.75, 3.05) is 79.3 Å². The van der Waals surface area contributed by atoms with Gasteiger partial charge in [0.2, 0.25) is 0 Å². The van der Waals surface area contributed by atoms with Gasteiger partial charge >= 0.3 is 98.7 Å². The molecule has 6 aliphatic heterocycles. The molecule has 12 nitrogen and oxygen atoms in total. The second kappa shape index (κ2) is 61.5. The summed E-state index contributed by atoms with van der Waals surface area (Å²) in [4.78, 5) is 9.93. The summed E-state index contributed by atoms with van der Waals surface area (Å²) in [5, 5.41) is 33.8. The first kappa shape index (κ1) is 108. The largest absolute Gasteiger partial charge is 4.00 e. The van der Waals surface area contributed by atoms with E-state index in [9.17, 15) is 10.2 Å². The Morgan fingerprint density at radius 1 is 0.378 bits per heavy atom. The SMILES string of the molecule is C1CCOC1.C1CCOC1.C1CCOC1.C1CCOC1.C1CCOC1.C1CCOC1.CC(/C=C(/C)[N-]c1cc(C(C)(C)C)ccc1[O-])=Nc1c(C(C)C)cccc1C(C)C.CC(/C=C(\C)[N-]c1cc(C(C)(C)C)ccc1[O-])=Nc1c(C(C)C)cccc1C(C)C.[Cl-].[Cl-].[Cl-].[Cl-].[Cl-].[Li+].[Th+4].[Th+4]. The first-order valence-corrected chi connectivity index (χ1v) is 34.1. The minimum Gasteiger partial charge on any atom is -1.00 e. The molecule has 20 heteroatoms. The summed E-state index contributed by atoms with van der Waals surface area (Å²) in [5.74, 6) is 1.47. The molecule has 0 amide bonds. The van der Waals surface area contributed by atoms with Gasteiger partial charge in [0.05, 0.1) is 11.4 Å². The number of rotatable bonds is 12. The summed E-state index contributed by atoms with van der Waals surface area (Å²) < 4.78 is 29.7. The zero-order chi connectivity index (χ0) is 66.5. The number of allylic oxidation sites excluding steroid dienone is 4. The third kappa shape index (κ3) is 46.3. The molecule has 0 N–H and O–H groups in total. The fourth-order valence-corrected chi connectivity index (χ4v) is 9.95. The average Bonchev–Trinajstić information content (AvgIpc) is 1.66. The number of nitrogens with zero attached hydrogens (tertiary/aromatic N) is 4. The van der Waals surface area contributed by atoms with Crippen molar-refractivity contribution in [2.45, 2.75) is 236 Å². The van der Waals surface area contributed by atoms with Crippen LogP contribution < -0.4 is 91.1 Å². The van der Waals surface area contributed by atoms with Gasteiger partial charge < -0.3 is 111 Å². The van der Waals surface area contributed by atoms with Crippen LogP contribution in [0.4, 0.5) is 22.7 Å². The number of para-hydroxylation sites is 2. The van der Waals surface area contributed by atoms with Gasteiger partial charge in [0, 0.05) is 90.7 Å². The van der Waals surface area contributed by atoms with E-state index in [1.54, 1.807) is 12.1 Å². The first-order valence-electron chi connectivity index (χ1n) is 34.1. The maximum atomic E-state index is 12.3. The summed E-state index contributed by atoms with van der Waals surface area (Å²) >= 11 is 0. The number of benzene rings is 4. The fraction of sp³-hybridized carbons (Fsp3) is 0.615. The summed E-state index contributed by atoms with van der Waals surface area (Å²) in [6, 6.07) is 23.7. The van der Waals surface area contributed by atoms with Gasteiger partial charge in [0.1, 0.15) is 0 Å². The van der Waals surface area contributed by atoms with Crippen LogP contribution in [0.1, 0.15) is 259 Å². The van der Waals surface area contributed by atoms with Crippen LogP contribution in [0.3, 0.4) is 0 Å². The molecule has 0 saturated carbocycles. The van der Waals surface area contributed by atoms with Gasteiger partial charge in [-0.3, -0.25) is 9.98 Å². The molecule has 4 aromatic carbocycles. The quantitative estimate of drug-likeness (QED) is 0.155. The van der Waals surface area contributed by atoms with Crippen molar-refractivity contribution in [1.82, 2.24) is 0 Å². The first-order chi connectivity index (χ1) is 42.8. The van der Waals surface area contributed by atoms with E-state index < -0.39 is 0 Å². The molecule has 10 rings (SSSR count). The van der Waals surface area contributed by atoms with Crippen LogP contribution in [0.5, 0.6) is 11.5 Å². The number of hydrogen-bond donors (Lipinski definition) is 0. The Balaban J connectivity index is -0.000000284. The Hall–Kier alpha value is -0.643. The molecular weight excluding hydrogens is 1770 g/mol. The van der Waals surface area contributed by atoms with Crippen LogP contribution in [0, 0.1) is 79.9 Å². The van der Waals surface area contributed by atoms with E-state index in [1.165, 1.54) is 99.3 Å². The molecule has 98 heavy (non-hydrogen) atoms. The van der Waals surface area contributed by atoms with Gasteiger partial charge in [-0.05, 0) is 159 Å². The summed E-state index contributed by atoms with van der Waals surface area (Å²) in [6.07, 6.45) is 19.2. The minimum atomic E-state index is -0.0578.